The predicted octanol–water partition coefficient (Wildman–Crippen LogP) is 1.05. The average molecular weight is 213 g/mol. The number of rotatable bonds is 3. The Balaban J connectivity index is 3.04. The van der Waals surface area contributed by atoms with Crippen LogP contribution in [0.25, 0.3) is 0 Å². The second-order valence-electron chi connectivity index (χ2n) is 3.46. The van der Waals surface area contributed by atoms with Gasteiger partial charge in [0.1, 0.15) is 0 Å². The number of aryl methyl sites for hydroxylation is 1. The maximum absolute atomic E-state index is 11.6. The largest absolute Gasteiger partial charge is 0.354 e. The molecule has 5 heteroatoms. The Morgan fingerprint density at radius 2 is 2.14 bits per heavy atom. The van der Waals surface area contributed by atoms with E-state index in [0.29, 0.717) is 4.88 Å². The fourth-order valence-electron chi connectivity index (χ4n) is 1.01. The summed E-state index contributed by atoms with van der Waals surface area (Å²) in [6, 6.07) is -0.454. The maximum Gasteiger partial charge on any atom is 0.191 e. The van der Waals surface area contributed by atoms with Crippen LogP contribution in [0.1, 0.15) is 22.3 Å². The summed E-state index contributed by atoms with van der Waals surface area (Å²) in [7, 11) is 3.80. The van der Waals surface area contributed by atoms with Crippen LogP contribution in [0, 0.1) is 6.92 Å². The molecule has 0 aromatic carbocycles. The van der Waals surface area contributed by atoms with E-state index in [1.807, 2.05) is 25.9 Å². The summed E-state index contributed by atoms with van der Waals surface area (Å²) in [5, 5.41) is 0.839. The van der Waals surface area contributed by atoms with Crippen LogP contribution < -0.4 is 10.6 Å². The van der Waals surface area contributed by atoms with Gasteiger partial charge in [-0.3, -0.25) is 4.79 Å². The number of Topliss-reactive ketones (excluding diaryl/α,β-unsaturated/α-hetero) is 1. The summed E-state index contributed by atoms with van der Waals surface area (Å²) in [5.74, 6) is -0.0342. The average Bonchev–Trinajstić information content (AvgIpc) is 2.46. The molecule has 2 N–H and O–H groups in total. The molecule has 78 valence electrons. The first-order valence-corrected chi connectivity index (χ1v) is 5.19. The van der Waals surface area contributed by atoms with E-state index in [4.69, 9.17) is 5.73 Å². The Labute approximate surface area is 87.7 Å². The van der Waals surface area contributed by atoms with Crippen LogP contribution in [-0.4, -0.2) is 30.9 Å². The second-order valence-corrected chi connectivity index (χ2v) is 4.44. The quantitative estimate of drug-likeness (QED) is 0.762. The minimum absolute atomic E-state index is 0.0342. The topological polar surface area (TPSA) is 59.2 Å². The predicted molar refractivity (Wildman–Crippen MR) is 59.2 cm³/mol. The molecular formula is C9H15N3OS. The van der Waals surface area contributed by atoms with Crippen molar-refractivity contribution in [1.82, 2.24) is 4.98 Å². The van der Waals surface area contributed by atoms with Gasteiger partial charge in [0.25, 0.3) is 0 Å². The molecule has 1 unspecified atom stereocenters. The minimum Gasteiger partial charge on any atom is -0.354 e. The fourth-order valence-corrected chi connectivity index (χ4v) is 2.04. The molecule has 0 aliphatic rings. The van der Waals surface area contributed by atoms with Crippen LogP contribution in [0.5, 0.6) is 0 Å². The zero-order valence-corrected chi connectivity index (χ0v) is 9.68. The molecule has 0 spiro atoms. The van der Waals surface area contributed by atoms with Crippen LogP contribution >= 0.6 is 11.3 Å². The lowest BCUT2D eigenvalue weighted by molar-refractivity contribution is 0.0971. The molecule has 0 bridgehead atoms. The number of ketones is 1. The number of carbonyl (C=O) groups is 1. The first-order valence-electron chi connectivity index (χ1n) is 4.38. The van der Waals surface area contributed by atoms with Gasteiger partial charge in [0.15, 0.2) is 10.9 Å². The summed E-state index contributed by atoms with van der Waals surface area (Å²) in [6.07, 6.45) is 0. The van der Waals surface area contributed by atoms with E-state index in [2.05, 4.69) is 4.98 Å². The molecule has 0 aliphatic heterocycles. The Hall–Kier alpha value is -0.940. The van der Waals surface area contributed by atoms with Crippen molar-refractivity contribution < 1.29 is 4.79 Å². The summed E-state index contributed by atoms with van der Waals surface area (Å²) in [6.45, 7) is 3.52. The monoisotopic (exact) mass is 213 g/mol. The van der Waals surface area contributed by atoms with Crippen molar-refractivity contribution >= 4 is 22.3 Å². The number of hydrogen-bond donors (Lipinski definition) is 1. The van der Waals surface area contributed by atoms with Gasteiger partial charge in [0.2, 0.25) is 0 Å². The van der Waals surface area contributed by atoms with Gasteiger partial charge in [0.05, 0.1) is 16.6 Å². The standard InChI is InChI=1S/C9H15N3OS/c1-5(10)7(13)8-6(2)11-9(14-8)12(3)4/h5H,10H2,1-4H3. The van der Waals surface area contributed by atoms with E-state index < -0.39 is 6.04 Å². The molecule has 4 nitrogen and oxygen atoms in total. The van der Waals surface area contributed by atoms with Gasteiger partial charge in [-0.15, -0.1) is 0 Å². The number of nitrogens with two attached hydrogens (primary N) is 1. The highest BCUT2D eigenvalue weighted by molar-refractivity contribution is 7.17. The van der Waals surface area contributed by atoms with Crippen LogP contribution in [0.4, 0.5) is 5.13 Å². The van der Waals surface area contributed by atoms with Crippen molar-refractivity contribution in [2.75, 3.05) is 19.0 Å². The van der Waals surface area contributed by atoms with E-state index in [1.165, 1.54) is 11.3 Å². The summed E-state index contributed by atoms with van der Waals surface area (Å²) in [5.41, 5.74) is 6.30. The molecule has 14 heavy (non-hydrogen) atoms. The lowest BCUT2D eigenvalue weighted by atomic mass is 10.2. The second kappa shape index (κ2) is 4.06. The number of hydrogen-bond acceptors (Lipinski definition) is 5. The normalized spacial score (nSPS) is 12.6. The third-order valence-corrected chi connectivity index (χ3v) is 3.14. The summed E-state index contributed by atoms with van der Waals surface area (Å²) < 4.78 is 0. The maximum atomic E-state index is 11.6. The van der Waals surface area contributed by atoms with Crippen molar-refractivity contribution in [2.24, 2.45) is 5.73 Å². The number of anilines is 1. The van der Waals surface area contributed by atoms with Crippen LogP contribution in [0.15, 0.2) is 0 Å². The van der Waals surface area contributed by atoms with Gasteiger partial charge in [-0.2, -0.15) is 0 Å². The van der Waals surface area contributed by atoms with Gasteiger partial charge < -0.3 is 10.6 Å². The molecule has 1 rings (SSSR count). The van der Waals surface area contributed by atoms with E-state index in [9.17, 15) is 4.79 Å². The van der Waals surface area contributed by atoms with Crippen molar-refractivity contribution in [3.05, 3.63) is 10.6 Å². The highest BCUT2D eigenvalue weighted by Gasteiger charge is 2.18. The lowest BCUT2D eigenvalue weighted by Gasteiger charge is -2.05. The van der Waals surface area contributed by atoms with Crippen LogP contribution in [0.2, 0.25) is 0 Å². The van der Waals surface area contributed by atoms with Crippen molar-refractivity contribution in [1.29, 1.82) is 0 Å². The van der Waals surface area contributed by atoms with Crippen molar-refractivity contribution in [3.63, 3.8) is 0 Å². The van der Waals surface area contributed by atoms with Gasteiger partial charge in [0, 0.05) is 14.1 Å². The number of aromatic nitrogens is 1. The lowest BCUT2D eigenvalue weighted by Crippen LogP contribution is -2.26. The molecule has 1 aromatic rings. The van der Waals surface area contributed by atoms with Gasteiger partial charge >= 0.3 is 0 Å². The summed E-state index contributed by atoms with van der Waals surface area (Å²) >= 11 is 1.39. The van der Waals surface area contributed by atoms with E-state index in [1.54, 1.807) is 6.92 Å². The van der Waals surface area contributed by atoms with Gasteiger partial charge in [-0.1, -0.05) is 11.3 Å². The smallest absolute Gasteiger partial charge is 0.191 e. The number of nitrogens with zero attached hydrogens (tertiary/aromatic N) is 2. The molecule has 1 atom stereocenters. The van der Waals surface area contributed by atoms with Crippen LogP contribution in [-0.2, 0) is 0 Å². The molecule has 0 fully saturated rings. The molecule has 1 aromatic heterocycles. The zero-order valence-electron chi connectivity index (χ0n) is 8.87. The molecule has 0 amide bonds. The Kier molecular flexibility index (Phi) is 3.23. The molecule has 0 saturated heterocycles. The Morgan fingerprint density at radius 3 is 2.50 bits per heavy atom. The van der Waals surface area contributed by atoms with Crippen molar-refractivity contribution in [2.45, 2.75) is 19.9 Å². The highest BCUT2D eigenvalue weighted by atomic mass is 32.1. The number of thiazole rings is 1. The molecular weight excluding hydrogens is 198 g/mol. The minimum atomic E-state index is -0.454. The molecule has 0 radical (unpaired) electrons. The fraction of sp³-hybridized carbons (Fsp3) is 0.556. The highest BCUT2D eigenvalue weighted by Crippen LogP contribution is 2.25. The first-order chi connectivity index (χ1) is 6.43. The van der Waals surface area contributed by atoms with Crippen LogP contribution in [0.3, 0.4) is 0 Å². The third kappa shape index (κ3) is 2.10. The SMILES string of the molecule is Cc1nc(N(C)C)sc1C(=O)C(C)N. The zero-order chi connectivity index (χ0) is 10.9. The van der Waals surface area contributed by atoms with E-state index in [-0.39, 0.29) is 5.78 Å². The van der Waals surface area contributed by atoms with E-state index >= 15 is 0 Å². The number of carbonyl (C=O) groups excluding carboxylic acids is 1. The van der Waals surface area contributed by atoms with Crippen molar-refractivity contribution in [3.8, 4) is 0 Å². The van der Waals surface area contributed by atoms with Gasteiger partial charge in [-0.05, 0) is 13.8 Å². The Bertz CT molecular complexity index is 344. The molecule has 1 heterocycles. The van der Waals surface area contributed by atoms with Gasteiger partial charge in [-0.25, -0.2) is 4.98 Å². The first kappa shape index (κ1) is 11.1. The molecule has 0 saturated carbocycles. The molecule has 0 aliphatic carbocycles. The van der Waals surface area contributed by atoms with E-state index in [0.717, 1.165) is 10.8 Å². The Morgan fingerprint density at radius 1 is 1.57 bits per heavy atom. The third-order valence-electron chi connectivity index (χ3n) is 1.81. The summed E-state index contributed by atoms with van der Waals surface area (Å²) in [4.78, 5) is 18.5.